The van der Waals surface area contributed by atoms with Gasteiger partial charge in [0.25, 0.3) is 0 Å². The summed E-state index contributed by atoms with van der Waals surface area (Å²) in [7, 11) is 0. The third-order valence-electron chi connectivity index (χ3n) is 5.57. The van der Waals surface area contributed by atoms with Gasteiger partial charge in [-0.25, -0.2) is 0 Å². The van der Waals surface area contributed by atoms with E-state index in [9.17, 15) is 4.79 Å². The summed E-state index contributed by atoms with van der Waals surface area (Å²) in [4.78, 5) is 13.6. The Kier molecular flexibility index (Phi) is 5.77. The van der Waals surface area contributed by atoms with Gasteiger partial charge in [-0.05, 0) is 57.8 Å². The molecule has 2 N–H and O–H groups in total. The maximum Gasteiger partial charge on any atom is 0.219 e. The van der Waals surface area contributed by atoms with Crippen LogP contribution in [0.2, 0.25) is 0 Å². The number of piperidine rings is 1. The molecule has 0 saturated carbocycles. The zero-order valence-electron chi connectivity index (χ0n) is 16.2. The van der Waals surface area contributed by atoms with Crippen LogP contribution in [-0.4, -0.2) is 33.7 Å². The molecule has 26 heavy (non-hydrogen) atoms. The number of hydrogen-bond donors (Lipinski definition) is 1. The average molecular weight is 354 g/mol. The van der Waals surface area contributed by atoms with E-state index >= 15 is 0 Å². The molecule has 0 spiro atoms. The molecular weight excluding hydrogens is 324 g/mol. The van der Waals surface area contributed by atoms with Crippen LogP contribution in [0.5, 0.6) is 0 Å². The van der Waals surface area contributed by atoms with Crippen LogP contribution < -0.4 is 5.73 Å². The zero-order valence-corrected chi connectivity index (χ0v) is 16.2. The minimum Gasteiger partial charge on any atom is -0.370 e. The highest BCUT2D eigenvalue weighted by Gasteiger charge is 2.19. The minimum atomic E-state index is -0.296. The van der Waals surface area contributed by atoms with Gasteiger partial charge in [0.1, 0.15) is 0 Å². The number of benzene rings is 1. The Morgan fingerprint density at radius 2 is 1.81 bits per heavy atom. The lowest BCUT2D eigenvalue weighted by Gasteiger charge is -2.32. The number of rotatable bonds is 6. The van der Waals surface area contributed by atoms with Crippen molar-refractivity contribution < 1.29 is 4.79 Å². The van der Waals surface area contributed by atoms with Crippen molar-refractivity contribution in [2.75, 3.05) is 13.1 Å². The van der Waals surface area contributed by atoms with Crippen molar-refractivity contribution in [3.8, 4) is 11.1 Å². The zero-order chi connectivity index (χ0) is 18.7. The van der Waals surface area contributed by atoms with E-state index in [-0.39, 0.29) is 5.91 Å². The fraction of sp³-hybridized carbons (Fsp3) is 0.524. The summed E-state index contributed by atoms with van der Waals surface area (Å²) >= 11 is 0. The minimum absolute atomic E-state index is 0.296. The molecule has 2 aromatic rings. The third kappa shape index (κ3) is 3.98. The quantitative estimate of drug-likeness (QED) is 0.862. The Hall–Kier alpha value is -2.14. The highest BCUT2D eigenvalue weighted by atomic mass is 16.1. The van der Waals surface area contributed by atoms with E-state index < -0.39 is 0 Å². The Balaban J connectivity index is 1.79. The molecule has 5 nitrogen and oxygen atoms in total. The van der Waals surface area contributed by atoms with Crippen molar-refractivity contribution in [1.29, 1.82) is 0 Å². The van der Waals surface area contributed by atoms with Crippen LogP contribution in [0.25, 0.3) is 11.1 Å². The second kappa shape index (κ2) is 8.04. The second-order valence-electron chi connectivity index (χ2n) is 7.38. The number of nitrogens with zero attached hydrogens (tertiary/aromatic N) is 3. The van der Waals surface area contributed by atoms with Crippen molar-refractivity contribution in [2.45, 2.75) is 59.0 Å². The van der Waals surface area contributed by atoms with Crippen LogP contribution in [0.1, 0.15) is 55.6 Å². The summed E-state index contributed by atoms with van der Waals surface area (Å²) in [5.74, 6) is -0.296. The van der Waals surface area contributed by atoms with Gasteiger partial charge in [0.2, 0.25) is 5.91 Å². The van der Waals surface area contributed by atoms with Gasteiger partial charge >= 0.3 is 0 Å². The third-order valence-corrected chi connectivity index (χ3v) is 5.57. The highest BCUT2D eigenvalue weighted by molar-refractivity contribution is 5.73. The molecule has 140 valence electrons. The molecule has 3 rings (SSSR count). The number of primary amides is 1. The average Bonchev–Trinajstić information content (AvgIpc) is 2.94. The number of carbonyl (C=O) groups excluding carboxylic acids is 1. The summed E-state index contributed by atoms with van der Waals surface area (Å²) in [5.41, 5.74) is 11.0. The Bertz CT molecular complexity index is 757. The molecule has 0 bridgehead atoms. The first-order valence-corrected chi connectivity index (χ1v) is 9.64. The van der Waals surface area contributed by atoms with Crippen LogP contribution in [0.4, 0.5) is 0 Å². The molecule has 1 unspecified atom stereocenters. The number of aryl methyl sites for hydroxylation is 2. The second-order valence-corrected chi connectivity index (χ2v) is 7.38. The predicted octanol–water partition coefficient (Wildman–Crippen LogP) is 3.59. The molecule has 1 aliphatic heterocycles. The number of hydrogen-bond acceptors (Lipinski definition) is 3. The predicted molar refractivity (Wildman–Crippen MR) is 105 cm³/mol. The van der Waals surface area contributed by atoms with E-state index in [2.05, 4.69) is 48.1 Å². The van der Waals surface area contributed by atoms with Gasteiger partial charge < -0.3 is 5.73 Å². The Morgan fingerprint density at radius 3 is 2.42 bits per heavy atom. The lowest BCUT2D eigenvalue weighted by atomic mass is 9.98. The van der Waals surface area contributed by atoms with Gasteiger partial charge in [-0.3, -0.25) is 14.4 Å². The van der Waals surface area contributed by atoms with Crippen molar-refractivity contribution >= 4 is 5.91 Å². The summed E-state index contributed by atoms with van der Waals surface area (Å²) in [6, 6.07) is 9.35. The van der Waals surface area contributed by atoms with Crippen molar-refractivity contribution in [3.63, 3.8) is 0 Å². The van der Waals surface area contributed by atoms with E-state index in [0.717, 1.165) is 17.0 Å². The monoisotopic (exact) mass is 354 g/mol. The molecule has 0 aliphatic carbocycles. The summed E-state index contributed by atoms with van der Waals surface area (Å²) in [6.45, 7) is 9.32. The first-order chi connectivity index (χ1) is 12.5. The number of carbonyl (C=O) groups is 1. The molecule has 1 fully saturated rings. The van der Waals surface area contributed by atoms with Gasteiger partial charge in [-0.1, -0.05) is 30.7 Å². The van der Waals surface area contributed by atoms with Crippen molar-refractivity contribution in [1.82, 2.24) is 14.7 Å². The first-order valence-electron chi connectivity index (χ1n) is 9.64. The molecular formula is C21H30N4O. The van der Waals surface area contributed by atoms with E-state index in [1.165, 1.54) is 43.5 Å². The van der Waals surface area contributed by atoms with Crippen molar-refractivity contribution in [3.05, 3.63) is 41.2 Å². The smallest absolute Gasteiger partial charge is 0.219 e. The van der Waals surface area contributed by atoms with Crippen LogP contribution in [0, 0.1) is 13.8 Å². The molecule has 0 radical (unpaired) electrons. The van der Waals surface area contributed by atoms with E-state index in [1.54, 1.807) is 0 Å². The summed E-state index contributed by atoms with van der Waals surface area (Å²) in [5, 5.41) is 4.59. The highest BCUT2D eigenvalue weighted by Crippen LogP contribution is 2.30. The topological polar surface area (TPSA) is 64.2 Å². The number of aromatic nitrogens is 2. The van der Waals surface area contributed by atoms with Crippen LogP contribution in [0.15, 0.2) is 24.3 Å². The molecule has 2 heterocycles. The van der Waals surface area contributed by atoms with Gasteiger partial charge in [0.05, 0.1) is 5.69 Å². The molecule has 1 saturated heterocycles. The van der Waals surface area contributed by atoms with Gasteiger partial charge in [-0.15, -0.1) is 0 Å². The normalized spacial score (nSPS) is 16.6. The van der Waals surface area contributed by atoms with Gasteiger partial charge in [0.15, 0.2) is 0 Å². The first kappa shape index (κ1) is 18.6. The fourth-order valence-electron chi connectivity index (χ4n) is 3.99. The number of nitrogens with two attached hydrogens (primary N) is 1. The SMILES string of the molecule is Cc1nn(CCC(N)=O)c(C)c1-c1ccc(C(C)N2CCCCC2)cc1. The molecule has 5 heteroatoms. The van der Waals surface area contributed by atoms with Gasteiger partial charge in [-0.2, -0.15) is 5.10 Å². The largest absolute Gasteiger partial charge is 0.370 e. The maximum atomic E-state index is 11.1. The fourth-order valence-corrected chi connectivity index (χ4v) is 3.99. The molecule has 1 aromatic heterocycles. The molecule has 1 atom stereocenters. The summed E-state index contributed by atoms with van der Waals surface area (Å²) in [6.07, 6.45) is 4.30. The lowest BCUT2D eigenvalue weighted by molar-refractivity contribution is -0.118. The molecule has 1 aliphatic rings. The van der Waals surface area contributed by atoms with E-state index in [0.29, 0.717) is 19.0 Å². The maximum absolute atomic E-state index is 11.1. The number of likely N-dealkylation sites (tertiary alicyclic amines) is 1. The molecule has 1 aromatic carbocycles. The van der Waals surface area contributed by atoms with E-state index in [1.807, 2.05) is 11.6 Å². The van der Waals surface area contributed by atoms with Gasteiger partial charge in [0, 0.05) is 30.3 Å². The van der Waals surface area contributed by atoms with Crippen LogP contribution in [0.3, 0.4) is 0 Å². The molecule has 1 amide bonds. The van der Waals surface area contributed by atoms with Crippen LogP contribution in [-0.2, 0) is 11.3 Å². The van der Waals surface area contributed by atoms with Crippen LogP contribution >= 0.6 is 0 Å². The summed E-state index contributed by atoms with van der Waals surface area (Å²) < 4.78 is 1.89. The van der Waals surface area contributed by atoms with E-state index in [4.69, 9.17) is 5.73 Å². The Morgan fingerprint density at radius 1 is 1.15 bits per heavy atom. The Labute approximate surface area is 156 Å². The van der Waals surface area contributed by atoms with Crippen molar-refractivity contribution in [2.24, 2.45) is 5.73 Å². The lowest BCUT2D eigenvalue weighted by Crippen LogP contribution is -2.32. The standard InChI is InChI=1S/C21H30N4O/c1-15-21(17(3)25(23-15)14-11-20(22)26)19-9-7-18(8-10-19)16(2)24-12-5-4-6-13-24/h7-10,16H,4-6,11-14H2,1-3H3,(H2,22,26). The number of amides is 1.